The van der Waals surface area contributed by atoms with E-state index in [0.717, 1.165) is 18.3 Å². The van der Waals surface area contributed by atoms with E-state index in [0.29, 0.717) is 6.61 Å². The van der Waals surface area contributed by atoms with Crippen LogP contribution >= 0.6 is 0 Å². The van der Waals surface area contributed by atoms with Gasteiger partial charge in [0.05, 0.1) is 12.5 Å². The Morgan fingerprint density at radius 2 is 1.82 bits per heavy atom. The van der Waals surface area contributed by atoms with E-state index in [1.807, 2.05) is 13.8 Å². The van der Waals surface area contributed by atoms with Crippen molar-refractivity contribution in [2.24, 2.45) is 17.8 Å². The minimum Gasteiger partial charge on any atom is -0.466 e. The van der Waals surface area contributed by atoms with Gasteiger partial charge in [0, 0.05) is 0 Å². The minimum atomic E-state index is -0.0247. The minimum absolute atomic E-state index is 0.0247. The molecule has 0 heterocycles. The van der Waals surface area contributed by atoms with Crippen molar-refractivity contribution in [2.45, 2.75) is 65.7 Å². The van der Waals surface area contributed by atoms with Crippen molar-refractivity contribution in [2.75, 3.05) is 6.61 Å². The van der Waals surface area contributed by atoms with Crippen LogP contribution in [0.15, 0.2) is 0 Å². The standard InChI is InChI=1S/C15H28O2/c1-4-17-15(16)13(3)11-10-12(2)14-8-6-5-7-9-14/h12-14H,4-11H2,1-3H3. The van der Waals surface area contributed by atoms with Gasteiger partial charge in [-0.1, -0.05) is 46.0 Å². The zero-order valence-corrected chi connectivity index (χ0v) is 11.7. The Morgan fingerprint density at radius 1 is 1.18 bits per heavy atom. The number of rotatable bonds is 6. The van der Waals surface area contributed by atoms with Crippen molar-refractivity contribution >= 4 is 5.97 Å². The second-order valence-electron chi connectivity index (χ2n) is 5.61. The van der Waals surface area contributed by atoms with Crippen LogP contribution < -0.4 is 0 Å². The van der Waals surface area contributed by atoms with Crippen LogP contribution in [0.2, 0.25) is 0 Å². The summed E-state index contributed by atoms with van der Waals surface area (Å²) in [4.78, 5) is 11.5. The summed E-state index contributed by atoms with van der Waals surface area (Å²) in [5.74, 6) is 1.72. The number of carbonyl (C=O) groups is 1. The molecular weight excluding hydrogens is 212 g/mol. The Bertz CT molecular complexity index is 219. The zero-order valence-electron chi connectivity index (χ0n) is 11.7. The van der Waals surface area contributed by atoms with Gasteiger partial charge >= 0.3 is 5.97 Å². The van der Waals surface area contributed by atoms with Crippen LogP contribution in [0.5, 0.6) is 0 Å². The largest absolute Gasteiger partial charge is 0.466 e. The van der Waals surface area contributed by atoms with E-state index in [-0.39, 0.29) is 11.9 Å². The maximum Gasteiger partial charge on any atom is 0.308 e. The first kappa shape index (κ1) is 14.5. The molecule has 1 aliphatic rings. The second kappa shape index (κ2) is 7.73. The van der Waals surface area contributed by atoms with Crippen molar-refractivity contribution in [3.05, 3.63) is 0 Å². The topological polar surface area (TPSA) is 26.3 Å². The van der Waals surface area contributed by atoms with Gasteiger partial charge in [-0.2, -0.15) is 0 Å². The van der Waals surface area contributed by atoms with Crippen LogP contribution in [0.3, 0.4) is 0 Å². The first-order valence-electron chi connectivity index (χ1n) is 7.31. The fraction of sp³-hybridized carbons (Fsp3) is 0.933. The third-order valence-corrected chi connectivity index (χ3v) is 4.20. The molecule has 2 unspecified atom stereocenters. The summed E-state index contributed by atoms with van der Waals surface area (Å²) in [5.41, 5.74) is 0. The summed E-state index contributed by atoms with van der Waals surface area (Å²) in [6.45, 7) is 6.72. The summed E-state index contributed by atoms with van der Waals surface area (Å²) in [6.07, 6.45) is 9.18. The molecular formula is C15H28O2. The van der Waals surface area contributed by atoms with E-state index in [1.54, 1.807) is 0 Å². The van der Waals surface area contributed by atoms with Crippen LogP contribution in [-0.4, -0.2) is 12.6 Å². The molecule has 2 heteroatoms. The van der Waals surface area contributed by atoms with Gasteiger partial charge in [0.25, 0.3) is 0 Å². The number of hydrogen-bond acceptors (Lipinski definition) is 2. The predicted molar refractivity (Wildman–Crippen MR) is 70.8 cm³/mol. The Labute approximate surface area is 106 Å². The second-order valence-corrected chi connectivity index (χ2v) is 5.61. The first-order chi connectivity index (χ1) is 8.15. The molecule has 17 heavy (non-hydrogen) atoms. The lowest BCUT2D eigenvalue weighted by molar-refractivity contribution is -0.147. The van der Waals surface area contributed by atoms with Crippen LogP contribution in [0.1, 0.15) is 65.7 Å². The molecule has 0 spiro atoms. The highest BCUT2D eigenvalue weighted by Gasteiger charge is 2.22. The van der Waals surface area contributed by atoms with Gasteiger partial charge in [-0.3, -0.25) is 4.79 Å². The average molecular weight is 240 g/mol. The molecule has 1 aliphatic carbocycles. The summed E-state index contributed by atoms with van der Waals surface area (Å²) in [6, 6.07) is 0. The van der Waals surface area contributed by atoms with Gasteiger partial charge in [-0.25, -0.2) is 0 Å². The van der Waals surface area contributed by atoms with E-state index in [1.165, 1.54) is 38.5 Å². The Kier molecular flexibility index (Phi) is 6.61. The van der Waals surface area contributed by atoms with Crippen molar-refractivity contribution in [3.8, 4) is 0 Å². The van der Waals surface area contributed by atoms with Gasteiger partial charge in [0.15, 0.2) is 0 Å². The molecule has 1 fully saturated rings. The molecule has 0 saturated heterocycles. The Balaban J connectivity index is 2.22. The highest BCUT2D eigenvalue weighted by atomic mass is 16.5. The van der Waals surface area contributed by atoms with E-state index < -0.39 is 0 Å². The Morgan fingerprint density at radius 3 is 2.41 bits per heavy atom. The molecule has 0 amide bonds. The lowest BCUT2D eigenvalue weighted by atomic mass is 9.78. The number of carbonyl (C=O) groups excluding carboxylic acids is 1. The number of esters is 1. The van der Waals surface area contributed by atoms with E-state index >= 15 is 0 Å². The lowest BCUT2D eigenvalue weighted by Gasteiger charge is -2.28. The Hall–Kier alpha value is -0.530. The highest BCUT2D eigenvalue weighted by Crippen LogP contribution is 2.32. The highest BCUT2D eigenvalue weighted by molar-refractivity contribution is 5.71. The maximum absolute atomic E-state index is 11.5. The first-order valence-corrected chi connectivity index (χ1v) is 7.31. The average Bonchev–Trinajstić information content (AvgIpc) is 2.36. The summed E-state index contributed by atoms with van der Waals surface area (Å²) in [7, 11) is 0. The number of ether oxygens (including phenoxy) is 1. The molecule has 2 nitrogen and oxygen atoms in total. The van der Waals surface area contributed by atoms with Gasteiger partial charge < -0.3 is 4.74 Å². The molecule has 0 N–H and O–H groups in total. The molecule has 0 radical (unpaired) electrons. The molecule has 100 valence electrons. The van der Waals surface area contributed by atoms with Crippen molar-refractivity contribution in [3.63, 3.8) is 0 Å². The number of hydrogen-bond donors (Lipinski definition) is 0. The van der Waals surface area contributed by atoms with Gasteiger partial charge in [-0.05, 0) is 31.6 Å². The normalized spacial score (nSPS) is 20.9. The molecule has 0 aliphatic heterocycles. The van der Waals surface area contributed by atoms with Gasteiger partial charge in [-0.15, -0.1) is 0 Å². The monoisotopic (exact) mass is 240 g/mol. The van der Waals surface area contributed by atoms with Crippen molar-refractivity contribution in [1.82, 2.24) is 0 Å². The molecule has 0 aromatic rings. The van der Waals surface area contributed by atoms with Gasteiger partial charge in [0.1, 0.15) is 0 Å². The summed E-state index contributed by atoms with van der Waals surface area (Å²) >= 11 is 0. The molecule has 2 atom stereocenters. The molecule has 0 aromatic heterocycles. The molecule has 1 rings (SSSR count). The quantitative estimate of drug-likeness (QED) is 0.651. The predicted octanol–water partition coefficient (Wildman–Crippen LogP) is 4.18. The molecule has 0 bridgehead atoms. The third-order valence-electron chi connectivity index (χ3n) is 4.20. The van der Waals surface area contributed by atoms with Crippen molar-refractivity contribution in [1.29, 1.82) is 0 Å². The zero-order chi connectivity index (χ0) is 12.7. The van der Waals surface area contributed by atoms with E-state index in [2.05, 4.69) is 6.92 Å². The smallest absolute Gasteiger partial charge is 0.308 e. The fourth-order valence-electron chi connectivity index (χ4n) is 2.85. The van der Waals surface area contributed by atoms with Crippen LogP contribution in [0, 0.1) is 17.8 Å². The van der Waals surface area contributed by atoms with Crippen molar-refractivity contribution < 1.29 is 9.53 Å². The molecule has 1 saturated carbocycles. The van der Waals surface area contributed by atoms with Crippen LogP contribution in [0.4, 0.5) is 0 Å². The fourth-order valence-corrected chi connectivity index (χ4v) is 2.85. The van der Waals surface area contributed by atoms with E-state index in [9.17, 15) is 4.79 Å². The molecule has 0 aromatic carbocycles. The third kappa shape index (κ3) is 5.10. The van der Waals surface area contributed by atoms with Crippen LogP contribution in [-0.2, 0) is 9.53 Å². The SMILES string of the molecule is CCOC(=O)C(C)CCC(C)C1CCCCC1. The lowest BCUT2D eigenvalue weighted by Crippen LogP contribution is -2.19. The van der Waals surface area contributed by atoms with Gasteiger partial charge in [0.2, 0.25) is 0 Å². The maximum atomic E-state index is 11.5. The summed E-state index contributed by atoms with van der Waals surface area (Å²) in [5, 5.41) is 0. The van der Waals surface area contributed by atoms with Crippen LogP contribution in [0.25, 0.3) is 0 Å². The summed E-state index contributed by atoms with van der Waals surface area (Å²) < 4.78 is 5.04. The van der Waals surface area contributed by atoms with E-state index in [4.69, 9.17) is 4.74 Å².